The van der Waals surface area contributed by atoms with Crippen molar-refractivity contribution >= 4 is 32.7 Å². The number of hydrogen-bond donors (Lipinski definition) is 1. The Morgan fingerprint density at radius 3 is 2.64 bits per heavy atom. The monoisotopic (exact) mass is 406 g/mol. The molecule has 0 unspecified atom stereocenters. The van der Waals surface area contributed by atoms with Crippen LogP contribution < -0.4 is 5.32 Å². The molecule has 3 aliphatic carbocycles. The van der Waals surface area contributed by atoms with Crippen LogP contribution in [-0.4, -0.2) is 17.0 Å². The molecule has 0 atom stereocenters. The van der Waals surface area contributed by atoms with E-state index in [-0.39, 0.29) is 11.7 Å². The van der Waals surface area contributed by atoms with E-state index >= 15 is 0 Å². The molecule has 1 aromatic heterocycles. The predicted octanol–water partition coefficient (Wildman–Crippen LogP) is 5.26. The minimum absolute atomic E-state index is 0.0495. The van der Waals surface area contributed by atoms with Gasteiger partial charge in [-0.3, -0.25) is 4.79 Å². The number of rotatable bonds is 4. The summed E-state index contributed by atoms with van der Waals surface area (Å²) in [5.74, 6) is 0.578. The highest BCUT2D eigenvalue weighted by Crippen LogP contribution is 2.49. The van der Waals surface area contributed by atoms with Crippen LogP contribution in [0.5, 0.6) is 0 Å². The molecule has 25 heavy (non-hydrogen) atoms. The lowest BCUT2D eigenvalue weighted by atomic mass is 9.61. The summed E-state index contributed by atoms with van der Waals surface area (Å²) in [6.07, 6.45) is 9.51. The van der Waals surface area contributed by atoms with E-state index in [1.807, 2.05) is 17.7 Å². The first-order valence-electron chi connectivity index (χ1n) is 9.27. The van der Waals surface area contributed by atoms with E-state index in [0.29, 0.717) is 22.0 Å². The van der Waals surface area contributed by atoms with Crippen molar-refractivity contribution in [3.05, 3.63) is 34.2 Å². The first kappa shape index (κ1) is 17.1. The topological polar surface area (TPSA) is 34.0 Å². The largest absolute Gasteiger partial charge is 0.351 e. The number of aromatic nitrogens is 1. The Hall–Kier alpha value is -1.36. The predicted molar refractivity (Wildman–Crippen MR) is 101 cm³/mol. The lowest BCUT2D eigenvalue weighted by Gasteiger charge is -2.46. The number of fused-ring (bicyclic) bond motifs is 4. The van der Waals surface area contributed by atoms with Gasteiger partial charge >= 0.3 is 0 Å². The van der Waals surface area contributed by atoms with Crippen LogP contribution in [0.4, 0.5) is 4.39 Å². The molecule has 1 N–H and O–H groups in total. The molecule has 0 radical (unpaired) electrons. The van der Waals surface area contributed by atoms with Crippen molar-refractivity contribution < 1.29 is 9.18 Å². The van der Waals surface area contributed by atoms with E-state index in [0.717, 1.165) is 23.4 Å². The molecular formula is C20H24BrFN2O. The third-order valence-electron chi connectivity index (χ3n) is 6.36. The number of halogens is 2. The molecule has 5 heteroatoms. The smallest absolute Gasteiger partial charge is 0.253 e. The first-order chi connectivity index (χ1) is 12.0. The van der Waals surface area contributed by atoms with Gasteiger partial charge in [0.15, 0.2) is 0 Å². The molecule has 3 nitrogen and oxygen atoms in total. The Balaban J connectivity index is 1.60. The van der Waals surface area contributed by atoms with Crippen LogP contribution in [0, 0.1) is 17.2 Å². The second-order valence-electron chi connectivity index (χ2n) is 7.78. The van der Waals surface area contributed by atoms with Gasteiger partial charge in [0.2, 0.25) is 0 Å². The van der Waals surface area contributed by atoms with Crippen LogP contribution in [-0.2, 0) is 6.54 Å². The maximum atomic E-state index is 13.8. The van der Waals surface area contributed by atoms with Crippen LogP contribution in [0.15, 0.2) is 22.8 Å². The van der Waals surface area contributed by atoms with Gasteiger partial charge in [0.25, 0.3) is 5.91 Å². The summed E-state index contributed by atoms with van der Waals surface area (Å²) in [6, 6.07) is 2.93. The zero-order valence-corrected chi connectivity index (χ0v) is 16.2. The highest BCUT2D eigenvalue weighted by Gasteiger charge is 2.40. The molecule has 2 aromatic rings. The van der Waals surface area contributed by atoms with Gasteiger partial charge in [-0.2, -0.15) is 0 Å². The number of carbonyl (C=O) groups is 1. The van der Waals surface area contributed by atoms with Gasteiger partial charge in [-0.25, -0.2) is 4.39 Å². The van der Waals surface area contributed by atoms with Crippen LogP contribution in [0.2, 0.25) is 0 Å². The molecule has 3 saturated carbocycles. The Labute approximate surface area is 156 Å². The third kappa shape index (κ3) is 3.01. The van der Waals surface area contributed by atoms with Crippen molar-refractivity contribution in [1.82, 2.24) is 9.88 Å². The van der Waals surface area contributed by atoms with Crippen molar-refractivity contribution in [3.63, 3.8) is 0 Å². The summed E-state index contributed by atoms with van der Waals surface area (Å²) in [4.78, 5) is 12.9. The summed E-state index contributed by atoms with van der Waals surface area (Å²) in [7, 11) is 0. The fourth-order valence-electron chi connectivity index (χ4n) is 4.74. The van der Waals surface area contributed by atoms with Gasteiger partial charge in [0.1, 0.15) is 5.82 Å². The van der Waals surface area contributed by atoms with Gasteiger partial charge in [0, 0.05) is 29.1 Å². The van der Waals surface area contributed by atoms with Crippen molar-refractivity contribution in [2.24, 2.45) is 11.3 Å². The van der Waals surface area contributed by atoms with E-state index in [1.165, 1.54) is 50.7 Å². The molecule has 3 aliphatic rings. The van der Waals surface area contributed by atoms with Crippen molar-refractivity contribution in [3.8, 4) is 0 Å². The van der Waals surface area contributed by atoms with Crippen molar-refractivity contribution in [1.29, 1.82) is 0 Å². The number of amides is 1. The van der Waals surface area contributed by atoms with E-state index in [9.17, 15) is 9.18 Å². The Bertz CT molecular complexity index is 807. The Morgan fingerprint density at radius 1 is 1.32 bits per heavy atom. The average Bonchev–Trinajstić information content (AvgIpc) is 3.00. The average molecular weight is 407 g/mol. The number of carbonyl (C=O) groups excluding carboxylic acids is 1. The molecular weight excluding hydrogens is 383 g/mol. The zero-order valence-electron chi connectivity index (χ0n) is 14.6. The summed E-state index contributed by atoms with van der Waals surface area (Å²) >= 11 is 3.43. The van der Waals surface area contributed by atoms with Crippen LogP contribution in [0.1, 0.15) is 55.8 Å². The van der Waals surface area contributed by atoms with E-state index < -0.39 is 0 Å². The highest BCUT2D eigenvalue weighted by atomic mass is 79.9. The third-order valence-corrected chi connectivity index (χ3v) is 6.98. The fourth-order valence-corrected chi connectivity index (χ4v) is 5.38. The molecule has 1 amide bonds. The molecule has 3 fully saturated rings. The van der Waals surface area contributed by atoms with E-state index in [2.05, 4.69) is 21.2 Å². The maximum absolute atomic E-state index is 13.8. The summed E-state index contributed by atoms with van der Waals surface area (Å²) < 4.78 is 16.3. The Morgan fingerprint density at radius 2 is 2.00 bits per heavy atom. The van der Waals surface area contributed by atoms with Gasteiger partial charge in [-0.1, -0.05) is 0 Å². The fraction of sp³-hybridized carbons (Fsp3) is 0.550. The standard InChI is InChI=1S/C20H24BrFN2O/c1-2-24-11-15(18-16(21)9-14(22)10-17(18)24)19(25)23-12-20-6-3-13(4-7-20)5-8-20/h9-11,13H,2-8,12H2,1H3,(H,23,25). The molecule has 134 valence electrons. The molecule has 2 bridgehead atoms. The van der Waals surface area contributed by atoms with Gasteiger partial charge in [-0.05, 0) is 84.8 Å². The number of hydrogen-bond acceptors (Lipinski definition) is 1. The molecule has 1 aromatic carbocycles. The lowest BCUT2D eigenvalue weighted by Crippen LogP contribution is -2.43. The van der Waals surface area contributed by atoms with Gasteiger partial charge in [0.05, 0.1) is 11.1 Å². The highest BCUT2D eigenvalue weighted by molar-refractivity contribution is 9.10. The number of benzene rings is 1. The normalized spacial score (nSPS) is 25.5. The summed E-state index contributed by atoms with van der Waals surface area (Å²) in [5.41, 5.74) is 1.69. The summed E-state index contributed by atoms with van der Waals surface area (Å²) in [5, 5.41) is 3.99. The zero-order chi connectivity index (χ0) is 17.6. The SMILES string of the molecule is CCn1cc(C(=O)NCC23CCC(CC2)CC3)c2c(Br)cc(F)cc21. The molecule has 0 saturated heterocycles. The second kappa shape index (κ2) is 6.42. The van der Waals surface area contributed by atoms with Crippen LogP contribution in [0.3, 0.4) is 0 Å². The lowest BCUT2D eigenvalue weighted by molar-refractivity contribution is 0.0598. The number of aryl methyl sites for hydroxylation is 1. The van der Waals surface area contributed by atoms with Crippen molar-refractivity contribution in [2.45, 2.75) is 52.0 Å². The number of nitrogens with zero attached hydrogens (tertiary/aromatic N) is 1. The van der Waals surface area contributed by atoms with Gasteiger partial charge in [-0.15, -0.1) is 0 Å². The molecule has 0 spiro atoms. The minimum atomic E-state index is -0.294. The first-order valence-corrected chi connectivity index (χ1v) is 10.1. The minimum Gasteiger partial charge on any atom is -0.351 e. The van der Waals surface area contributed by atoms with Gasteiger partial charge < -0.3 is 9.88 Å². The van der Waals surface area contributed by atoms with Crippen molar-refractivity contribution in [2.75, 3.05) is 6.54 Å². The molecule has 5 rings (SSSR count). The van der Waals surface area contributed by atoms with Crippen LogP contribution >= 0.6 is 15.9 Å². The van der Waals surface area contributed by atoms with E-state index in [4.69, 9.17) is 0 Å². The summed E-state index contributed by atoms with van der Waals surface area (Å²) in [6.45, 7) is 3.46. The quantitative estimate of drug-likeness (QED) is 0.737. The number of nitrogens with one attached hydrogen (secondary N) is 1. The second-order valence-corrected chi connectivity index (χ2v) is 8.63. The van der Waals surface area contributed by atoms with Crippen LogP contribution in [0.25, 0.3) is 10.9 Å². The van der Waals surface area contributed by atoms with E-state index in [1.54, 1.807) is 0 Å². The maximum Gasteiger partial charge on any atom is 0.253 e. The molecule has 1 heterocycles. The molecule has 0 aliphatic heterocycles. The Kier molecular flexibility index (Phi) is 4.38.